The summed E-state index contributed by atoms with van der Waals surface area (Å²) in [4.78, 5) is 6.93. The Morgan fingerprint density at radius 1 is 1.38 bits per heavy atom. The van der Waals surface area contributed by atoms with Crippen LogP contribution in [0.3, 0.4) is 0 Å². The lowest BCUT2D eigenvalue weighted by Gasteiger charge is -2.28. The van der Waals surface area contributed by atoms with Gasteiger partial charge in [0.1, 0.15) is 0 Å². The molecule has 0 spiro atoms. The van der Waals surface area contributed by atoms with Crippen LogP contribution in [0.5, 0.6) is 0 Å². The molecule has 1 aliphatic heterocycles. The van der Waals surface area contributed by atoms with Crippen LogP contribution in [0.15, 0.2) is 4.99 Å². The number of methoxy groups -OCH3 is 1. The van der Waals surface area contributed by atoms with Crippen LogP contribution in [0.1, 0.15) is 40.0 Å². The van der Waals surface area contributed by atoms with Crippen molar-refractivity contribution < 1.29 is 9.47 Å². The van der Waals surface area contributed by atoms with E-state index in [0.717, 1.165) is 38.2 Å². The molecule has 1 heterocycles. The van der Waals surface area contributed by atoms with Gasteiger partial charge in [-0.05, 0) is 46.0 Å². The molecule has 0 saturated carbocycles. The van der Waals surface area contributed by atoms with Crippen molar-refractivity contribution in [2.45, 2.75) is 45.6 Å². The quantitative estimate of drug-likeness (QED) is 0.578. The van der Waals surface area contributed by atoms with Gasteiger partial charge < -0.3 is 19.7 Å². The van der Waals surface area contributed by atoms with Crippen molar-refractivity contribution in [1.29, 1.82) is 0 Å². The van der Waals surface area contributed by atoms with Crippen molar-refractivity contribution in [1.82, 2.24) is 10.2 Å². The van der Waals surface area contributed by atoms with Gasteiger partial charge in [-0.3, -0.25) is 4.99 Å². The minimum atomic E-state index is -0.220. The van der Waals surface area contributed by atoms with Gasteiger partial charge in [0.05, 0.1) is 12.1 Å². The molecule has 5 nitrogen and oxygen atoms in total. The summed E-state index contributed by atoms with van der Waals surface area (Å²) in [5, 5.41) is 3.36. The van der Waals surface area contributed by atoms with Gasteiger partial charge in [0, 0.05) is 40.5 Å². The molecule has 0 bridgehead atoms. The molecule has 1 fully saturated rings. The zero-order chi connectivity index (χ0) is 15.7. The van der Waals surface area contributed by atoms with E-state index in [1.807, 2.05) is 0 Å². The summed E-state index contributed by atoms with van der Waals surface area (Å²) in [5.41, 5.74) is -0.220. The summed E-state index contributed by atoms with van der Waals surface area (Å²) in [6.45, 7) is 10.6. The molecular weight excluding hydrogens is 266 g/mol. The van der Waals surface area contributed by atoms with Crippen molar-refractivity contribution in [3.8, 4) is 0 Å². The maximum absolute atomic E-state index is 5.43. The fourth-order valence-electron chi connectivity index (χ4n) is 2.32. The zero-order valence-corrected chi connectivity index (χ0v) is 14.4. The van der Waals surface area contributed by atoms with Crippen LogP contribution >= 0.6 is 0 Å². The molecule has 1 aliphatic rings. The van der Waals surface area contributed by atoms with Gasteiger partial charge >= 0.3 is 0 Å². The molecular formula is C16H33N3O2. The highest BCUT2D eigenvalue weighted by Gasteiger charge is 2.18. The van der Waals surface area contributed by atoms with Crippen LogP contribution in [0.25, 0.3) is 0 Å². The first-order valence-electron chi connectivity index (χ1n) is 8.11. The Morgan fingerprint density at radius 3 is 2.62 bits per heavy atom. The highest BCUT2D eigenvalue weighted by Crippen LogP contribution is 2.18. The van der Waals surface area contributed by atoms with E-state index in [4.69, 9.17) is 14.5 Å². The summed E-state index contributed by atoms with van der Waals surface area (Å²) in [6.07, 6.45) is 3.59. The Labute approximate surface area is 130 Å². The van der Waals surface area contributed by atoms with Crippen molar-refractivity contribution in [3.05, 3.63) is 0 Å². The van der Waals surface area contributed by atoms with Crippen LogP contribution in [-0.4, -0.2) is 63.5 Å². The first kappa shape index (κ1) is 18.2. The van der Waals surface area contributed by atoms with E-state index in [1.165, 1.54) is 19.3 Å². The van der Waals surface area contributed by atoms with Gasteiger partial charge in [0.2, 0.25) is 0 Å². The largest absolute Gasteiger partial charge is 0.381 e. The fourth-order valence-corrected chi connectivity index (χ4v) is 2.32. The second kappa shape index (κ2) is 9.26. The summed E-state index contributed by atoms with van der Waals surface area (Å²) < 4.78 is 10.9. The maximum atomic E-state index is 5.43. The number of rotatable bonds is 7. The SMILES string of the molecule is CCNC(=NCC(C)(C)OC)N(C)CCC1CCOCC1. The number of nitrogens with zero attached hydrogens (tertiary/aromatic N) is 2. The molecule has 0 aromatic rings. The molecule has 1 N–H and O–H groups in total. The van der Waals surface area contributed by atoms with E-state index in [1.54, 1.807) is 7.11 Å². The molecule has 0 aliphatic carbocycles. The number of aliphatic imine (C=N–C) groups is 1. The summed E-state index contributed by atoms with van der Waals surface area (Å²) >= 11 is 0. The molecule has 0 aromatic heterocycles. The summed E-state index contributed by atoms with van der Waals surface area (Å²) in [6, 6.07) is 0. The average molecular weight is 299 g/mol. The number of ether oxygens (including phenoxy) is 2. The third kappa shape index (κ3) is 7.14. The highest BCUT2D eigenvalue weighted by molar-refractivity contribution is 5.79. The lowest BCUT2D eigenvalue weighted by atomic mass is 9.96. The van der Waals surface area contributed by atoms with E-state index < -0.39 is 0 Å². The van der Waals surface area contributed by atoms with E-state index >= 15 is 0 Å². The lowest BCUT2D eigenvalue weighted by Crippen LogP contribution is -2.41. The van der Waals surface area contributed by atoms with Gasteiger partial charge in [0.25, 0.3) is 0 Å². The second-order valence-electron chi connectivity index (χ2n) is 6.40. The Morgan fingerprint density at radius 2 is 2.05 bits per heavy atom. The predicted octanol–water partition coefficient (Wildman–Crippen LogP) is 2.13. The van der Waals surface area contributed by atoms with Crippen LogP contribution < -0.4 is 5.32 Å². The molecule has 1 saturated heterocycles. The van der Waals surface area contributed by atoms with Gasteiger partial charge in [-0.2, -0.15) is 0 Å². The molecule has 5 heteroatoms. The first-order chi connectivity index (χ1) is 9.98. The lowest BCUT2D eigenvalue weighted by molar-refractivity contribution is 0.0309. The maximum Gasteiger partial charge on any atom is 0.193 e. The molecule has 1 rings (SSSR count). The fraction of sp³-hybridized carbons (Fsp3) is 0.938. The van der Waals surface area contributed by atoms with E-state index in [0.29, 0.717) is 6.54 Å². The Bertz CT molecular complexity index is 313. The highest BCUT2D eigenvalue weighted by atomic mass is 16.5. The molecule has 0 atom stereocenters. The van der Waals surface area contributed by atoms with Gasteiger partial charge in [0.15, 0.2) is 5.96 Å². The molecule has 0 radical (unpaired) electrons. The predicted molar refractivity (Wildman–Crippen MR) is 87.9 cm³/mol. The van der Waals surface area contributed by atoms with E-state index in [9.17, 15) is 0 Å². The molecule has 0 aromatic carbocycles. The number of hydrogen-bond donors (Lipinski definition) is 1. The molecule has 0 amide bonds. The monoisotopic (exact) mass is 299 g/mol. The number of nitrogens with one attached hydrogen (secondary N) is 1. The van der Waals surface area contributed by atoms with E-state index in [-0.39, 0.29) is 5.60 Å². The van der Waals surface area contributed by atoms with Crippen LogP contribution in [-0.2, 0) is 9.47 Å². The summed E-state index contributed by atoms with van der Waals surface area (Å²) in [5.74, 6) is 1.76. The molecule has 0 unspecified atom stereocenters. The Balaban J connectivity index is 2.47. The molecule has 124 valence electrons. The van der Waals surface area contributed by atoms with Crippen molar-refractivity contribution >= 4 is 5.96 Å². The van der Waals surface area contributed by atoms with Crippen molar-refractivity contribution in [2.24, 2.45) is 10.9 Å². The average Bonchev–Trinajstić information content (AvgIpc) is 2.50. The van der Waals surface area contributed by atoms with Gasteiger partial charge in [-0.25, -0.2) is 0 Å². The third-order valence-electron chi connectivity index (χ3n) is 4.07. The number of guanidine groups is 1. The molecule has 21 heavy (non-hydrogen) atoms. The minimum absolute atomic E-state index is 0.220. The minimum Gasteiger partial charge on any atom is -0.381 e. The Kier molecular flexibility index (Phi) is 8.04. The van der Waals surface area contributed by atoms with Crippen LogP contribution in [0.2, 0.25) is 0 Å². The van der Waals surface area contributed by atoms with Crippen molar-refractivity contribution in [2.75, 3.05) is 47.0 Å². The second-order valence-corrected chi connectivity index (χ2v) is 6.40. The van der Waals surface area contributed by atoms with Crippen molar-refractivity contribution in [3.63, 3.8) is 0 Å². The summed E-state index contributed by atoms with van der Waals surface area (Å²) in [7, 11) is 3.85. The zero-order valence-electron chi connectivity index (χ0n) is 14.4. The number of hydrogen-bond acceptors (Lipinski definition) is 3. The van der Waals surface area contributed by atoms with E-state index in [2.05, 4.69) is 38.0 Å². The smallest absolute Gasteiger partial charge is 0.193 e. The Hall–Kier alpha value is -0.810. The van der Waals surface area contributed by atoms with Crippen LogP contribution in [0, 0.1) is 5.92 Å². The van der Waals surface area contributed by atoms with Gasteiger partial charge in [-0.1, -0.05) is 0 Å². The van der Waals surface area contributed by atoms with Gasteiger partial charge in [-0.15, -0.1) is 0 Å². The normalized spacial score (nSPS) is 17.9. The third-order valence-corrected chi connectivity index (χ3v) is 4.07. The van der Waals surface area contributed by atoms with Crippen LogP contribution in [0.4, 0.5) is 0 Å². The standard InChI is InChI=1S/C16H33N3O2/c1-6-17-15(18-13-16(2,3)20-5)19(4)10-7-14-8-11-21-12-9-14/h14H,6-13H2,1-5H3,(H,17,18). The topological polar surface area (TPSA) is 46.1 Å². The first-order valence-corrected chi connectivity index (χ1v) is 8.11.